The predicted molar refractivity (Wildman–Crippen MR) is 102 cm³/mol. The average molecular weight is 361 g/mol. The number of anilines is 2. The van der Waals surface area contributed by atoms with Gasteiger partial charge in [-0.2, -0.15) is 0 Å². The van der Waals surface area contributed by atoms with E-state index in [2.05, 4.69) is 15.5 Å². The molecule has 0 atom stereocenters. The molecule has 1 aromatic heterocycles. The first kappa shape index (κ1) is 17.0. The molecule has 4 rings (SSSR count). The van der Waals surface area contributed by atoms with Crippen molar-refractivity contribution in [1.82, 2.24) is 20.1 Å². The lowest BCUT2D eigenvalue weighted by atomic mass is 10.1. The summed E-state index contributed by atoms with van der Waals surface area (Å²) in [5.41, 5.74) is 2.45. The summed E-state index contributed by atoms with van der Waals surface area (Å²) < 4.78 is 1.50. The van der Waals surface area contributed by atoms with E-state index in [1.165, 1.54) is 4.57 Å². The van der Waals surface area contributed by atoms with Crippen LogP contribution >= 0.6 is 0 Å². The Hall–Kier alpha value is -3.48. The highest BCUT2D eigenvalue weighted by molar-refractivity contribution is 5.91. The van der Waals surface area contributed by atoms with Crippen LogP contribution in [-0.2, 0) is 13.1 Å². The number of benzene rings is 2. The first-order chi connectivity index (χ1) is 13.1. The highest BCUT2D eigenvalue weighted by Gasteiger charge is 2.27. The molecule has 1 aliphatic heterocycles. The molecule has 0 spiro atoms. The molecule has 27 heavy (non-hydrogen) atoms. The van der Waals surface area contributed by atoms with Crippen LogP contribution in [-0.4, -0.2) is 27.2 Å². The van der Waals surface area contributed by atoms with Crippen LogP contribution in [0.15, 0.2) is 59.4 Å². The Labute approximate surface area is 156 Å². The molecule has 2 heterocycles. The van der Waals surface area contributed by atoms with E-state index >= 15 is 0 Å². The highest BCUT2D eigenvalue weighted by Crippen LogP contribution is 2.25. The summed E-state index contributed by atoms with van der Waals surface area (Å²) in [5.74, 6) is -0.0529. The minimum absolute atomic E-state index is 0.180. The summed E-state index contributed by atoms with van der Waals surface area (Å²) >= 11 is 0. The van der Waals surface area contributed by atoms with Crippen LogP contribution in [0.2, 0.25) is 0 Å². The van der Waals surface area contributed by atoms with Crippen molar-refractivity contribution in [3.63, 3.8) is 0 Å². The van der Waals surface area contributed by atoms with Gasteiger partial charge in [0, 0.05) is 25.3 Å². The quantitative estimate of drug-likeness (QED) is 0.769. The number of fused-ring (bicyclic) bond motifs is 1. The minimum atomic E-state index is -0.512. The lowest BCUT2D eigenvalue weighted by molar-refractivity contribution is 0.0942. The van der Waals surface area contributed by atoms with E-state index in [0.29, 0.717) is 25.6 Å². The molecule has 0 unspecified atom stereocenters. The van der Waals surface area contributed by atoms with Gasteiger partial charge in [0.25, 0.3) is 11.5 Å². The van der Waals surface area contributed by atoms with Crippen molar-refractivity contribution >= 4 is 17.5 Å². The van der Waals surface area contributed by atoms with Gasteiger partial charge in [0.2, 0.25) is 11.6 Å². The fourth-order valence-corrected chi connectivity index (χ4v) is 3.08. The Bertz CT molecular complexity index is 1030. The molecule has 7 heteroatoms. The molecular weight excluding hydrogens is 342 g/mol. The molecule has 1 N–H and O–H groups in total. The Morgan fingerprint density at radius 1 is 1.04 bits per heavy atom. The molecule has 0 fully saturated rings. The molecule has 0 saturated carbocycles. The second-order valence-corrected chi connectivity index (χ2v) is 6.46. The third-order valence-corrected chi connectivity index (χ3v) is 4.57. The molecule has 3 aromatic rings. The fraction of sp³-hybridized carbons (Fsp3) is 0.200. The first-order valence-corrected chi connectivity index (χ1v) is 8.77. The van der Waals surface area contributed by atoms with Gasteiger partial charge in [0.15, 0.2) is 0 Å². The predicted octanol–water partition coefficient (Wildman–Crippen LogP) is 2.03. The van der Waals surface area contributed by atoms with E-state index in [4.69, 9.17) is 0 Å². The second-order valence-electron chi connectivity index (χ2n) is 6.46. The van der Waals surface area contributed by atoms with Crippen molar-refractivity contribution < 1.29 is 4.79 Å². The largest absolute Gasteiger partial charge is 0.346 e. The molecule has 0 saturated heterocycles. The third-order valence-electron chi connectivity index (χ3n) is 4.57. The number of para-hydroxylation sites is 1. The summed E-state index contributed by atoms with van der Waals surface area (Å²) in [6, 6.07) is 17.5. The van der Waals surface area contributed by atoms with Crippen molar-refractivity contribution in [2.45, 2.75) is 20.0 Å². The second kappa shape index (κ2) is 7.03. The smallest absolute Gasteiger partial charge is 0.286 e. The molecule has 7 nitrogen and oxygen atoms in total. The average Bonchev–Trinajstić information content (AvgIpc) is 3.13. The van der Waals surface area contributed by atoms with Crippen LogP contribution in [0.25, 0.3) is 0 Å². The maximum Gasteiger partial charge on any atom is 0.286 e. The zero-order chi connectivity index (χ0) is 18.8. The van der Waals surface area contributed by atoms with E-state index in [9.17, 15) is 9.59 Å². The van der Waals surface area contributed by atoms with Crippen LogP contribution in [0.1, 0.15) is 21.6 Å². The van der Waals surface area contributed by atoms with Gasteiger partial charge in [0.05, 0.1) is 0 Å². The van der Waals surface area contributed by atoms with Crippen LogP contribution in [0.5, 0.6) is 0 Å². The van der Waals surface area contributed by atoms with E-state index in [-0.39, 0.29) is 5.69 Å². The van der Waals surface area contributed by atoms with E-state index in [1.807, 2.05) is 66.4 Å². The van der Waals surface area contributed by atoms with Gasteiger partial charge in [-0.15, -0.1) is 10.2 Å². The zero-order valence-corrected chi connectivity index (χ0v) is 14.9. The van der Waals surface area contributed by atoms with E-state index < -0.39 is 11.5 Å². The number of aromatic nitrogens is 3. The zero-order valence-electron chi connectivity index (χ0n) is 14.9. The minimum Gasteiger partial charge on any atom is -0.346 e. The molecule has 2 aromatic carbocycles. The van der Waals surface area contributed by atoms with Gasteiger partial charge < -0.3 is 10.2 Å². The van der Waals surface area contributed by atoms with Gasteiger partial charge in [-0.1, -0.05) is 48.0 Å². The number of nitrogens with one attached hydrogen (secondary N) is 1. The van der Waals surface area contributed by atoms with Crippen molar-refractivity contribution in [2.24, 2.45) is 0 Å². The van der Waals surface area contributed by atoms with Gasteiger partial charge in [-0.25, -0.2) is 0 Å². The first-order valence-electron chi connectivity index (χ1n) is 8.77. The summed E-state index contributed by atoms with van der Waals surface area (Å²) in [6.07, 6.45) is 0. The topological polar surface area (TPSA) is 80.1 Å². The number of nitrogens with zero attached hydrogens (tertiary/aromatic N) is 4. The number of carbonyl (C=O) groups is 1. The SMILES string of the molecule is Cc1ccc(CNC(=O)c2nnc3n(c2=O)CCN3c2ccccc2)cc1. The van der Waals surface area contributed by atoms with Crippen molar-refractivity contribution in [1.29, 1.82) is 0 Å². The lowest BCUT2D eigenvalue weighted by Gasteiger charge is -2.16. The Kier molecular flexibility index (Phi) is 4.42. The van der Waals surface area contributed by atoms with Crippen molar-refractivity contribution in [3.05, 3.63) is 81.8 Å². The number of amides is 1. The third kappa shape index (κ3) is 3.31. The van der Waals surface area contributed by atoms with Crippen LogP contribution in [0.4, 0.5) is 11.6 Å². The molecule has 0 radical (unpaired) electrons. The lowest BCUT2D eigenvalue weighted by Crippen LogP contribution is -2.34. The van der Waals surface area contributed by atoms with Crippen LogP contribution < -0.4 is 15.8 Å². The molecule has 1 aliphatic rings. The molecule has 136 valence electrons. The fourth-order valence-electron chi connectivity index (χ4n) is 3.08. The standard InChI is InChI=1S/C20H19N5O2/c1-14-7-9-15(10-8-14)13-21-18(26)17-19(27)25-12-11-24(20(25)23-22-17)16-5-3-2-4-6-16/h2-10H,11-13H2,1H3,(H,21,26). The highest BCUT2D eigenvalue weighted by atomic mass is 16.2. The summed E-state index contributed by atoms with van der Waals surface area (Å²) in [7, 11) is 0. The van der Waals surface area contributed by atoms with Crippen LogP contribution in [0.3, 0.4) is 0 Å². The summed E-state index contributed by atoms with van der Waals surface area (Å²) in [6.45, 7) is 3.42. The Morgan fingerprint density at radius 3 is 2.52 bits per heavy atom. The van der Waals surface area contributed by atoms with Gasteiger partial charge in [0.1, 0.15) is 0 Å². The monoisotopic (exact) mass is 361 g/mol. The maximum atomic E-state index is 12.7. The molecule has 1 amide bonds. The number of aryl methyl sites for hydroxylation is 1. The molecule has 0 bridgehead atoms. The maximum absolute atomic E-state index is 12.7. The Morgan fingerprint density at radius 2 is 1.78 bits per heavy atom. The Balaban J connectivity index is 1.54. The number of hydrogen-bond acceptors (Lipinski definition) is 5. The van der Waals surface area contributed by atoms with Crippen LogP contribution in [0, 0.1) is 6.92 Å². The van der Waals surface area contributed by atoms with Crippen molar-refractivity contribution in [2.75, 3.05) is 11.4 Å². The summed E-state index contributed by atoms with van der Waals surface area (Å²) in [4.78, 5) is 27.0. The van der Waals surface area contributed by atoms with Gasteiger partial charge in [-0.3, -0.25) is 14.2 Å². The van der Waals surface area contributed by atoms with Crippen molar-refractivity contribution in [3.8, 4) is 0 Å². The number of rotatable bonds is 4. The van der Waals surface area contributed by atoms with Gasteiger partial charge in [-0.05, 0) is 24.6 Å². The molecule has 0 aliphatic carbocycles. The number of carbonyl (C=O) groups excluding carboxylic acids is 1. The normalized spacial score (nSPS) is 12.7. The summed E-state index contributed by atoms with van der Waals surface area (Å²) in [5, 5.41) is 10.8. The van der Waals surface area contributed by atoms with E-state index in [1.54, 1.807) is 0 Å². The van der Waals surface area contributed by atoms with Gasteiger partial charge >= 0.3 is 0 Å². The molecular formula is C20H19N5O2. The van der Waals surface area contributed by atoms with E-state index in [0.717, 1.165) is 16.8 Å². The number of hydrogen-bond donors (Lipinski definition) is 1.